The highest BCUT2D eigenvalue weighted by atomic mass is 32.2. The Hall–Kier alpha value is -3.51. The first kappa shape index (κ1) is 37.3. The number of methoxy groups -OCH3 is 1. The average molecular weight is 735 g/mol. The van der Waals surface area contributed by atoms with Gasteiger partial charge in [-0.05, 0) is 87.5 Å². The van der Waals surface area contributed by atoms with E-state index in [4.69, 9.17) is 4.74 Å². The third kappa shape index (κ3) is 9.30. The first-order valence-electron chi connectivity index (χ1n) is 18.4. The van der Waals surface area contributed by atoms with Crippen LogP contribution in [-0.4, -0.2) is 93.4 Å². The van der Waals surface area contributed by atoms with Gasteiger partial charge in [-0.25, -0.2) is 4.79 Å². The number of esters is 1. The molecule has 0 aliphatic carbocycles. The third-order valence-corrected chi connectivity index (χ3v) is 13.4. The number of hydrogen-bond acceptors (Lipinski definition) is 8. The molecule has 4 heterocycles. The van der Waals surface area contributed by atoms with Gasteiger partial charge in [-0.2, -0.15) is 0 Å². The molecule has 4 aliphatic rings. The van der Waals surface area contributed by atoms with E-state index < -0.39 is 35.9 Å². The smallest absolute Gasteiger partial charge is 0.328 e. The molecule has 2 aromatic carbocycles. The van der Waals surface area contributed by atoms with Gasteiger partial charge >= 0.3 is 5.97 Å². The molecule has 4 fully saturated rings. The lowest BCUT2D eigenvalue weighted by molar-refractivity contribution is -0.156. The largest absolute Gasteiger partial charge is 0.467 e. The zero-order valence-corrected chi connectivity index (χ0v) is 31.0. The third-order valence-electron chi connectivity index (χ3n) is 10.7. The van der Waals surface area contributed by atoms with E-state index in [0.29, 0.717) is 50.0 Å². The van der Waals surface area contributed by atoms with Crippen molar-refractivity contribution in [3.8, 4) is 0 Å². The molecule has 0 aromatic heterocycles. The summed E-state index contributed by atoms with van der Waals surface area (Å²) in [7, 11) is 1.34. The Morgan fingerprint density at radius 2 is 1.35 bits per heavy atom. The minimum Gasteiger partial charge on any atom is -0.467 e. The van der Waals surface area contributed by atoms with Crippen molar-refractivity contribution < 1.29 is 28.7 Å². The number of hydrogen-bond donors (Lipinski definition) is 2. The van der Waals surface area contributed by atoms with Crippen LogP contribution in [0.1, 0.15) is 68.9 Å². The van der Waals surface area contributed by atoms with Gasteiger partial charge in [-0.1, -0.05) is 60.7 Å². The highest BCUT2D eigenvalue weighted by molar-refractivity contribution is 8.00. The zero-order valence-electron chi connectivity index (χ0n) is 29.4. The Morgan fingerprint density at radius 3 is 1.98 bits per heavy atom. The minimum absolute atomic E-state index is 0.00297. The van der Waals surface area contributed by atoms with Gasteiger partial charge in [0.25, 0.3) is 0 Å². The average Bonchev–Trinajstić information content (AvgIpc) is 3.32. The van der Waals surface area contributed by atoms with E-state index in [1.807, 2.05) is 65.6 Å². The number of piperidine rings is 2. The van der Waals surface area contributed by atoms with Crippen LogP contribution in [0.25, 0.3) is 0 Å². The maximum absolute atomic E-state index is 14.2. The van der Waals surface area contributed by atoms with Crippen molar-refractivity contribution in [2.45, 2.75) is 99.5 Å². The Bertz CT molecular complexity index is 1530. The van der Waals surface area contributed by atoms with Gasteiger partial charge < -0.3 is 25.2 Å². The van der Waals surface area contributed by atoms with Gasteiger partial charge in [-0.15, -0.1) is 23.5 Å². The van der Waals surface area contributed by atoms with Crippen molar-refractivity contribution in [1.29, 1.82) is 0 Å². The number of ether oxygens (including phenoxy) is 1. The topological polar surface area (TPSA) is 125 Å². The molecular formula is C39H50N4O6S2. The summed E-state index contributed by atoms with van der Waals surface area (Å²) in [4.78, 5) is 71.9. The normalized spacial score (nSPS) is 26.2. The lowest BCUT2D eigenvalue weighted by Crippen LogP contribution is -2.58. The molecule has 0 bridgehead atoms. The Morgan fingerprint density at radius 1 is 0.745 bits per heavy atom. The summed E-state index contributed by atoms with van der Waals surface area (Å²) >= 11 is 3.40. The molecule has 0 radical (unpaired) electrons. The van der Waals surface area contributed by atoms with Crippen LogP contribution < -0.4 is 10.6 Å². The molecule has 4 amide bonds. The van der Waals surface area contributed by atoms with Crippen LogP contribution in [-0.2, 0) is 41.6 Å². The number of nitrogens with one attached hydrogen (secondary N) is 2. The second-order valence-electron chi connectivity index (χ2n) is 14.1. The lowest BCUT2D eigenvalue weighted by atomic mass is 9.86. The van der Waals surface area contributed by atoms with Crippen LogP contribution in [0, 0.1) is 11.8 Å². The summed E-state index contributed by atoms with van der Waals surface area (Å²) in [6.07, 6.45) is 7.53. The summed E-state index contributed by atoms with van der Waals surface area (Å²) in [5.41, 5.74) is 2.01. The maximum Gasteiger partial charge on any atom is 0.328 e. The summed E-state index contributed by atoms with van der Waals surface area (Å²) < 4.78 is 5.06. The van der Waals surface area contributed by atoms with Crippen molar-refractivity contribution >= 4 is 53.1 Å². The van der Waals surface area contributed by atoms with Gasteiger partial charge in [0.15, 0.2) is 0 Å². The monoisotopic (exact) mass is 734 g/mol. The number of thioether (sulfide) groups is 2. The molecule has 1 unspecified atom stereocenters. The second-order valence-corrected chi connectivity index (χ2v) is 16.6. The first-order valence-corrected chi connectivity index (χ1v) is 20.5. The van der Waals surface area contributed by atoms with Crippen LogP contribution in [0.5, 0.6) is 0 Å². The van der Waals surface area contributed by atoms with Gasteiger partial charge in [-0.3, -0.25) is 19.2 Å². The predicted molar refractivity (Wildman–Crippen MR) is 200 cm³/mol. The van der Waals surface area contributed by atoms with Crippen LogP contribution in [0.15, 0.2) is 60.7 Å². The van der Waals surface area contributed by atoms with E-state index in [1.54, 1.807) is 28.4 Å². The first-order chi connectivity index (χ1) is 24.8. The molecule has 6 rings (SSSR count). The number of carbonyl (C=O) groups is 5. The molecule has 7 atom stereocenters. The molecule has 0 spiro atoms. The van der Waals surface area contributed by atoms with E-state index in [-0.39, 0.29) is 34.4 Å². The molecule has 12 heteroatoms. The zero-order chi connectivity index (χ0) is 35.7. The fourth-order valence-corrected chi connectivity index (χ4v) is 10.6. The van der Waals surface area contributed by atoms with Gasteiger partial charge in [0.05, 0.1) is 17.9 Å². The highest BCUT2D eigenvalue weighted by Gasteiger charge is 2.44. The number of rotatable bonds is 12. The summed E-state index contributed by atoms with van der Waals surface area (Å²) in [5, 5.41) is 6.27. The summed E-state index contributed by atoms with van der Waals surface area (Å²) in [6.45, 7) is 0.733. The number of nitrogens with zero attached hydrogens (tertiary/aromatic N) is 2. The maximum atomic E-state index is 14.2. The predicted octanol–water partition coefficient (Wildman–Crippen LogP) is 4.56. The molecule has 51 heavy (non-hydrogen) atoms. The Balaban J connectivity index is 1.18. The van der Waals surface area contributed by atoms with Gasteiger partial charge in [0, 0.05) is 24.1 Å². The van der Waals surface area contributed by atoms with Crippen molar-refractivity contribution in [2.75, 3.05) is 25.2 Å². The molecule has 4 aliphatic heterocycles. The fraction of sp³-hybridized carbons (Fsp3) is 0.564. The molecule has 0 saturated carbocycles. The van der Waals surface area contributed by atoms with E-state index in [2.05, 4.69) is 10.6 Å². The fourth-order valence-electron chi connectivity index (χ4n) is 7.89. The quantitative estimate of drug-likeness (QED) is 0.305. The van der Waals surface area contributed by atoms with Crippen molar-refractivity contribution in [2.24, 2.45) is 11.8 Å². The lowest BCUT2D eigenvalue weighted by Gasteiger charge is -2.42. The molecule has 2 aromatic rings. The molecule has 4 saturated heterocycles. The van der Waals surface area contributed by atoms with Crippen molar-refractivity contribution in [1.82, 2.24) is 20.4 Å². The van der Waals surface area contributed by atoms with E-state index in [1.165, 1.54) is 7.11 Å². The Labute approximate surface area is 309 Å². The standard InChI is InChI=1S/C39H50N4O6S2/c1-49-39(48)32-15-10-17-34-43(32)38(47)30(20-22-50-34)40-35(44)28(23-26-11-4-2-5-12-26)18-19-29(24-27-13-6-3-7-14-27)36(45)41-31-25-51-33-16-8-9-21-42(33)37(31)46/h2-7,11-14,28-34H,8-10,15-25H2,1H3,(H,40,44)(H,41,45)/t28-,29-,30?,31+,32+,33+,34+/m1/s1. The summed E-state index contributed by atoms with van der Waals surface area (Å²) in [6, 6.07) is 17.7. The number of fused-ring (bicyclic) bond motifs is 2. The number of benzene rings is 2. The molecule has 274 valence electrons. The van der Waals surface area contributed by atoms with E-state index in [9.17, 15) is 24.0 Å². The highest BCUT2D eigenvalue weighted by Crippen LogP contribution is 2.35. The van der Waals surface area contributed by atoms with Crippen molar-refractivity contribution in [3.63, 3.8) is 0 Å². The SMILES string of the molecule is COC(=O)[C@@H]1CCC[C@@H]2SCCC(NC(=O)[C@H](CC[C@H](Cc3ccccc3)C(=O)N[C@H]3CS[C@H]4CCCCN4C3=O)Cc3ccccc3)C(=O)N21. The number of carbonyl (C=O) groups excluding carboxylic acids is 5. The minimum atomic E-state index is -0.754. The van der Waals surface area contributed by atoms with Crippen LogP contribution >= 0.6 is 23.5 Å². The van der Waals surface area contributed by atoms with E-state index >= 15 is 0 Å². The molecule has 2 N–H and O–H groups in total. The summed E-state index contributed by atoms with van der Waals surface area (Å²) in [5.74, 6) is -0.778. The number of amides is 4. The van der Waals surface area contributed by atoms with Crippen LogP contribution in [0.3, 0.4) is 0 Å². The van der Waals surface area contributed by atoms with Gasteiger partial charge in [0.2, 0.25) is 23.6 Å². The van der Waals surface area contributed by atoms with Crippen molar-refractivity contribution in [3.05, 3.63) is 71.8 Å². The Kier molecular flexibility index (Phi) is 13.0. The van der Waals surface area contributed by atoms with Gasteiger partial charge in [0.1, 0.15) is 18.1 Å². The van der Waals surface area contributed by atoms with E-state index in [0.717, 1.165) is 49.8 Å². The van der Waals surface area contributed by atoms with Crippen LogP contribution in [0.4, 0.5) is 0 Å². The van der Waals surface area contributed by atoms with Crippen LogP contribution in [0.2, 0.25) is 0 Å². The molecule has 10 nitrogen and oxygen atoms in total. The molecular weight excluding hydrogens is 685 g/mol. The second kappa shape index (κ2) is 17.8.